The van der Waals surface area contributed by atoms with Crippen molar-refractivity contribution in [2.45, 2.75) is 206 Å². The Bertz CT molecular complexity index is 589. The maximum atomic E-state index is 13.4. The normalized spacial score (nSPS) is 11.6. The number of hydrogen-bond donors (Lipinski definition) is 4. The molecule has 0 fully saturated rings. The average molecular weight is 639 g/mol. The molecule has 0 heterocycles. The van der Waals surface area contributed by atoms with Crippen molar-refractivity contribution < 1.29 is 19.8 Å². The van der Waals surface area contributed by atoms with Crippen molar-refractivity contribution in [2.75, 3.05) is 26.3 Å². The van der Waals surface area contributed by atoms with Gasteiger partial charge < -0.3 is 20.8 Å². The number of nitrogens with one attached hydrogen (secondary N) is 2. The third-order valence-electron chi connectivity index (χ3n) is 9.58. The van der Waals surface area contributed by atoms with Gasteiger partial charge in [0, 0.05) is 13.1 Å². The fraction of sp³-hybridized carbons (Fsp3) is 0.949. The van der Waals surface area contributed by atoms with Crippen molar-refractivity contribution in [3.8, 4) is 0 Å². The van der Waals surface area contributed by atoms with E-state index in [0.29, 0.717) is 12.8 Å². The summed E-state index contributed by atoms with van der Waals surface area (Å²) in [5.41, 5.74) is -1.13. The van der Waals surface area contributed by atoms with Gasteiger partial charge in [-0.3, -0.25) is 9.59 Å². The second-order valence-corrected chi connectivity index (χ2v) is 13.7. The molecule has 2 amide bonds. The first kappa shape index (κ1) is 43.9. The first-order chi connectivity index (χ1) is 22.1. The van der Waals surface area contributed by atoms with E-state index in [0.717, 1.165) is 38.5 Å². The lowest BCUT2D eigenvalue weighted by molar-refractivity contribution is -0.145. The predicted octanol–water partition coefficient (Wildman–Crippen LogP) is 9.93. The van der Waals surface area contributed by atoms with Gasteiger partial charge in [-0.25, -0.2) is 0 Å². The van der Waals surface area contributed by atoms with E-state index in [9.17, 15) is 19.8 Å². The maximum absolute atomic E-state index is 13.4. The van der Waals surface area contributed by atoms with Gasteiger partial charge in [0.2, 0.25) is 11.8 Å². The van der Waals surface area contributed by atoms with E-state index in [1.54, 1.807) is 0 Å². The van der Waals surface area contributed by atoms with Crippen LogP contribution in [0.1, 0.15) is 206 Å². The van der Waals surface area contributed by atoms with Crippen molar-refractivity contribution in [2.24, 2.45) is 5.41 Å². The van der Waals surface area contributed by atoms with Crippen LogP contribution in [0.2, 0.25) is 0 Å². The Morgan fingerprint density at radius 2 is 0.622 bits per heavy atom. The molecule has 0 atom stereocenters. The van der Waals surface area contributed by atoms with Crippen LogP contribution < -0.4 is 10.6 Å². The number of aliphatic hydroxyl groups is 2. The van der Waals surface area contributed by atoms with Crippen LogP contribution in [0.15, 0.2) is 0 Å². The second-order valence-electron chi connectivity index (χ2n) is 13.7. The number of rotatable bonds is 36. The van der Waals surface area contributed by atoms with Crippen molar-refractivity contribution in [3.05, 3.63) is 0 Å². The Labute approximate surface area is 280 Å². The van der Waals surface area contributed by atoms with Gasteiger partial charge in [-0.2, -0.15) is 0 Å². The Kier molecular flexibility index (Phi) is 33.3. The third-order valence-corrected chi connectivity index (χ3v) is 9.58. The monoisotopic (exact) mass is 639 g/mol. The van der Waals surface area contributed by atoms with Crippen LogP contribution in [0.5, 0.6) is 0 Å². The predicted molar refractivity (Wildman–Crippen MR) is 192 cm³/mol. The zero-order chi connectivity index (χ0) is 33.1. The molecule has 268 valence electrons. The highest BCUT2D eigenvalue weighted by Crippen LogP contribution is 2.33. The van der Waals surface area contributed by atoms with Crippen LogP contribution in [0.4, 0.5) is 0 Å². The molecule has 0 radical (unpaired) electrons. The van der Waals surface area contributed by atoms with Gasteiger partial charge in [0.15, 0.2) is 0 Å². The van der Waals surface area contributed by atoms with Crippen LogP contribution in [0.25, 0.3) is 0 Å². The van der Waals surface area contributed by atoms with Crippen LogP contribution in [-0.4, -0.2) is 48.3 Å². The molecular formula is C39H78N2O4. The summed E-state index contributed by atoms with van der Waals surface area (Å²) in [7, 11) is 0. The molecule has 0 aromatic heterocycles. The minimum atomic E-state index is -1.13. The van der Waals surface area contributed by atoms with Gasteiger partial charge >= 0.3 is 0 Å². The summed E-state index contributed by atoms with van der Waals surface area (Å²) in [6.45, 7) is 4.57. The van der Waals surface area contributed by atoms with E-state index >= 15 is 0 Å². The minimum Gasteiger partial charge on any atom is -0.395 e. The Morgan fingerprint density at radius 1 is 0.400 bits per heavy atom. The fourth-order valence-corrected chi connectivity index (χ4v) is 6.60. The summed E-state index contributed by atoms with van der Waals surface area (Å²) in [5, 5.41) is 24.3. The van der Waals surface area contributed by atoms with Crippen LogP contribution in [-0.2, 0) is 9.59 Å². The molecule has 0 unspecified atom stereocenters. The zero-order valence-corrected chi connectivity index (χ0v) is 30.3. The zero-order valence-electron chi connectivity index (χ0n) is 30.3. The van der Waals surface area contributed by atoms with Gasteiger partial charge in [0.1, 0.15) is 5.41 Å². The molecule has 4 N–H and O–H groups in total. The van der Waals surface area contributed by atoms with E-state index in [2.05, 4.69) is 24.5 Å². The topological polar surface area (TPSA) is 98.7 Å². The number of hydrogen-bond acceptors (Lipinski definition) is 4. The summed E-state index contributed by atoms with van der Waals surface area (Å²) in [6.07, 6.45) is 36.6. The molecular weight excluding hydrogens is 560 g/mol. The lowest BCUT2D eigenvalue weighted by Gasteiger charge is -2.31. The van der Waals surface area contributed by atoms with Crippen LogP contribution in [0, 0.1) is 5.41 Å². The number of carbonyl (C=O) groups excluding carboxylic acids is 2. The van der Waals surface area contributed by atoms with Gasteiger partial charge in [-0.05, 0) is 12.8 Å². The summed E-state index contributed by atoms with van der Waals surface area (Å²) >= 11 is 0. The van der Waals surface area contributed by atoms with Crippen LogP contribution in [0.3, 0.4) is 0 Å². The van der Waals surface area contributed by atoms with Gasteiger partial charge in [-0.1, -0.05) is 194 Å². The molecule has 0 aromatic rings. The van der Waals surface area contributed by atoms with E-state index in [-0.39, 0.29) is 38.1 Å². The van der Waals surface area contributed by atoms with Crippen molar-refractivity contribution >= 4 is 11.8 Å². The summed E-state index contributed by atoms with van der Waals surface area (Å²) in [4.78, 5) is 26.8. The Morgan fingerprint density at radius 3 is 0.844 bits per heavy atom. The lowest BCUT2D eigenvalue weighted by atomic mass is 9.75. The Hall–Kier alpha value is -1.14. The highest BCUT2D eigenvalue weighted by molar-refractivity contribution is 6.05. The van der Waals surface area contributed by atoms with E-state index in [4.69, 9.17) is 0 Å². The van der Waals surface area contributed by atoms with Crippen molar-refractivity contribution in [3.63, 3.8) is 0 Å². The number of aliphatic hydroxyl groups excluding tert-OH is 2. The van der Waals surface area contributed by atoms with Crippen molar-refractivity contribution in [1.82, 2.24) is 10.6 Å². The SMILES string of the molecule is CCCCCCCCCCCCCCCCC(CCCCCCCCCCCCCCCC)(C(=O)NCCO)C(=O)NCCO. The largest absolute Gasteiger partial charge is 0.395 e. The molecule has 0 spiro atoms. The number of amides is 2. The smallest absolute Gasteiger partial charge is 0.235 e. The summed E-state index contributed by atoms with van der Waals surface area (Å²) in [6, 6.07) is 0. The number of unbranched alkanes of at least 4 members (excludes halogenated alkanes) is 26. The molecule has 0 aliphatic carbocycles. The Balaban J connectivity index is 4.49. The molecule has 6 nitrogen and oxygen atoms in total. The van der Waals surface area contributed by atoms with E-state index in [1.165, 1.54) is 141 Å². The first-order valence-corrected chi connectivity index (χ1v) is 19.9. The summed E-state index contributed by atoms with van der Waals surface area (Å²) in [5.74, 6) is -0.534. The molecule has 0 saturated carbocycles. The minimum absolute atomic E-state index is 0.141. The lowest BCUT2D eigenvalue weighted by Crippen LogP contribution is -2.52. The van der Waals surface area contributed by atoms with Gasteiger partial charge in [0.25, 0.3) is 0 Å². The molecule has 45 heavy (non-hydrogen) atoms. The molecule has 0 aromatic carbocycles. The molecule has 0 bridgehead atoms. The van der Waals surface area contributed by atoms with Crippen molar-refractivity contribution in [1.29, 1.82) is 0 Å². The first-order valence-electron chi connectivity index (χ1n) is 19.9. The highest BCUT2D eigenvalue weighted by atomic mass is 16.3. The van der Waals surface area contributed by atoms with E-state index < -0.39 is 5.41 Å². The fourth-order valence-electron chi connectivity index (χ4n) is 6.60. The molecule has 0 saturated heterocycles. The van der Waals surface area contributed by atoms with Gasteiger partial charge in [0.05, 0.1) is 13.2 Å². The third kappa shape index (κ3) is 25.6. The summed E-state index contributed by atoms with van der Waals surface area (Å²) < 4.78 is 0. The molecule has 0 rings (SSSR count). The standard InChI is InChI=1S/C39H78N2O4/c1-3-5-7-9-11-13-15-17-19-21-23-25-27-29-31-39(37(44)40-33-35-42,38(45)41-34-36-43)32-30-28-26-24-22-20-18-16-14-12-10-8-6-4-2/h42-43H,3-36H2,1-2H3,(H,40,44)(H,41,45). The molecule has 6 heteroatoms. The molecule has 0 aliphatic rings. The number of carbonyl (C=O) groups is 2. The van der Waals surface area contributed by atoms with Crippen LogP contribution >= 0.6 is 0 Å². The second kappa shape index (κ2) is 34.2. The average Bonchev–Trinajstić information content (AvgIpc) is 3.05. The maximum Gasteiger partial charge on any atom is 0.235 e. The molecule has 0 aliphatic heterocycles. The van der Waals surface area contributed by atoms with Gasteiger partial charge in [-0.15, -0.1) is 0 Å². The highest BCUT2D eigenvalue weighted by Gasteiger charge is 2.44. The van der Waals surface area contributed by atoms with E-state index in [1.807, 2.05) is 0 Å². The quantitative estimate of drug-likeness (QED) is 0.0405.